The van der Waals surface area contributed by atoms with Gasteiger partial charge in [-0.15, -0.1) is 0 Å². The Balaban J connectivity index is -0.0000000267. The van der Waals surface area contributed by atoms with Crippen LogP contribution in [0, 0.1) is 0 Å². The molecular formula is Na3OPS3. The summed E-state index contributed by atoms with van der Waals surface area (Å²) < 4.78 is -2.89. The molecule has 0 radical (unpaired) electrons. The van der Waals surface area contributed by atoms with Crippen molar-refractivity contribution in [2.24, 2.45) is 0 Å². The first-order chi connectivity index (χ1) is 2.00. The van der Waals surface area contributed by atoms with E-state index in [9.17, 15) is 4.89 Å². The zero-order valence-electron chi connectivity index (χ0n) is 5.08. The first-order valence-electron chi connectivity index (χ1n) is 0.730. The smallest absolute Gasteiger partial charge is 0.856 e. The fourth-order valence-corrected chi connectivity index (χ4v) is 0. The molecule has 0 aromatic rings. The third kappa shape index (κ3) is 48.1. The van der Waals surface area contributed by atoms with E-state index >= 15 is 0 Å². The van der Waals surface area contributed by atoms with Crippen molar-refractivity contribution < 1.29 is 93.6 Å². The zero-order valence-corrected chi connectivity index (χ0v) is 14.4. The summed E-state index contributed by atoms with van der Waals surface area (Å²) in [6.07, 6.45) is 0. The molecule has 32 valence electrons. The van der Waals surface area contributed by atoms with Crippen LogP contribution in [0.4, 0.5) is 0 Å². The van der Waals surface area contributed by atoms with Gasteiger partial charge in [-0.2, -0.15) is 11.8 Å². The van der Waals surface area contributed by atoms with Gasteiger partial charge >= 0.3 is 88.7 Å². The molecule has 0 saturated heterocycles. The summed E-state index contributed by atoms with van der Waals surface area (Å²) >= 11 is 12.0. The maximum Gasteiger partial charge on any atom is 1.00 e. The van der Waals surface area contributed by atoms with Crippen LogP contribution in [-0.2, 0) is 36.3 Å². The van der Waals surface area contributed by atoms with Crippen LogP contribution in [0.15, 0.2) is 0 Å². The van der Waals surface area contributed by atoms with E-state index in [0.717, 1.165) is 0 Å². The molecule has 0 aromatic carbocycles. The molecule has 8 heteroatoms. The molecule has 1 nitrogen and oxygen atoms in total. The maximum absolute atomic E-state index is 9.66. The number of rotatable bonds is 0. The van der Waals surface area contributed by atoms with Crippen molar-refractivity contribution >= 4 is 41.0 Å². The molecule has 0 aliphatic heterocycles. The molecular weight excluding hydrogens is 212 g/mol. The third-order valence-electron chi connectivity index (χ3n) is 0. The topological polar surface area (TPSA) is 23.1 Å². The number of hydrogen-bond donors (Lipinski definition) is 0. The second-order valence-electron chi connectivity index (χ2n) is 0.447. The average Bonchev–Trinajstić information content (AvgIpc) is 0.722. The summed E-state index contributed by atoms with van der Waals surface area (Å²) in [6, 6.07) is 0. The Labute approximate surface area is 131 Å². The molecule has 0 spiro atoms. The fourth-order valence-electron chi connectivity index (χ4n) is 0. The summed E-state index contributed by atoms with van der Waals surface area (Å²) in [5, 5.41) is 0. The average molecular weight is 212 g/mol. The van der Waals surface area contributed by atoms with Crippen LogP contribution in [-0.4, -0.2) is 0 Å². The molecule has 0 aliphatic rings. The normalized spacial score (nSPS) is 7.38. The Kier molecular flexibility index (Phi) is 32.2. The van der Waals surface area contributed by atoms with Gasteiger partial charge in [0.15, 0.2) is 0 Å². The van der Waals surface area contributed by atoms with E-state index in [2.05, 4.69) is 36.3 Å². The Morgan fingerprint density at radius 1 is 1.12 bits per heavy atom. The van der Waals surface area contributed by atoms with E-state index in [-0.39, 0.29) is 88.7 Å². The molecule has 0 heterocycles. The van der Waals surface area contributed by atoms with E-state index < -0.39 is 4.67 Å². The summed E-state index contributed by atoms with van der Waals surface area (Å²) in [7, 11) is 0. The van der Waals surface area contributed by atoms with Crippen LogP contribution in [0.25, 0.3) is 0 Å². The van der Waals surface area contributed by atoms with Gasteiger partial charge in [0, 0.05) is 0 Å². The van der Waals surface area contributed by atoms with Gasteiger partial charge in [-0.25, -0.2) is 0 Å². The molecule has 0 rings (SSSR count). The predicted octanol–water partition coefficient (Wildman–Crippen LogP) is -9.32. The van der Waals surface area contributed by atoms with Crippen LogP contribution < -0.4 is 93.6 Å². The van der Waals surface area contributed by atoms with Gasteiger partial charge in [-0.1, -0.05) is 0 Å². The standard InChI is InChI=1S/3Na.H3OPS3/c;;;1-2(3,4)5/h;;;(H3,1,3,4,5)/q3*+1;/p-3. The van der Waals surface area contributed by atoms with Crippen LogP contribution in [0.2, 0.25) is 0 Å². The molecule has 8 heavy (non-hydrogen) atoms. The van der Waals surface area contributed by atoms with Crippen molar-refractivity contribution in [1.29, 1.82) is 0 Å². The van der Waals surface area contributed by atoms with Gasteiger partial charge in [0.1, 0.15) is 0 Å². The Bertz CT molecular complexity index is 60.7. The van der Waals surface area contributed by atoms with Crippen molar-refractivity contribution in [3.8, 4) is 0 Å². The SMILES string of the molecule is [Na+].[Na+].[Na+].[O-]P(=S)([S-])[S-]. The van der Waals surface area contributed by atoms with Crippen LogP contribution in [0.5, 0.6) is 0 Å². The third-order valence-corrected chi connectivity index (χ3v) is 0. The van der Waals surface area contributed by atoms with Gasteiger partial charge in [0.25, 0.3) is 0 Å². The molecule has 0 N–H and O–H groups in total. The summed E-state index contributed by atoms with van der Waals surface area (Å²) in [6.45, 7) is 0. The van der Waals surface area contributed by atoms with E-state index in [1.807, 2.05) is 0 Å². The van der Waals surface area contributed by atoms with Crippen molar-refractivity contribution in [1.82, 2.24) is 0 Å². The molecule has 0 bridgehead atoms. The van der Waals surface area contributed by atoms with Gasteiger partial charge < -0.3 is 34.1 Å². The van der Waals surface area contributed by atoms with Crippen LogP contribution in [0.3, 0.4) is 0 Å². The Morgan fingerprint density at radius 2 is 1.12 bits per heavy atom. The molecule has 0 fully saturated rings. The zero-order chi connectivity index (χ0) is 4.50. The van der Waals surface area contributed by atoms with E-state index in [1.54, 1.807) is 0 Å². The summed E-state index contributed by atoms with van der Waals surface area (Å²) in [5.74, 6) is 0. The van der Waals surface area contributed by atoms with E-state index in [0.29, 0.717) is 0 Å². The number of hydrogen-bond acceptors (Lipinski definition) is 4. The van der Waals surface area contributed by atoms with Gasteiger partial charge in [0.05, 0.1) is 0 Å². The van der Waals surface area contributed by atoms with Crippen LogP contribution in [0.1, 0.15) is 0 Å². The van der Waals surface area contributed by atoms with Crippen molar-refractivity contribution in [3.63, 3.8) is 0 Å². The second-order valence-corrected chi connectivity index (χ2v) is 8.05. The maximum atomic E-state index is 9.66. The summed E-state index contributed by atoms with van der Waals surface area (Å²) in [5.41, 5.74) is 0. The fraction of sp³-hybridized carbons (Fsp3) is 0. The van der Waals surface area contributed by atoms with Gasteiger partial charge in [0.2, 0.25) is 0 Å². The molecule has 0 aromatic heterocycles. The molecule has 0 saturated carbocycles. The quantitative estimate of drug-likeness (QED) is 0.226. The minimum atomic E-state index is -2.89. The van der Waals surface area contributed by atoms with Crippen molar-refractivity contribution in [2.45, 2.75) is 0 Å². The van der Waals surface area contributed by atoms with Gasteiger partial charge in [-0.05, 0) is 0 Å². The molecule has 0 atom stereocenters. The Morgan fingerprint density at radius 3 is 1.12 bits per heavy atom. The monoisotopic (exact) mass is 212 g/mol. The van der Waals surface area contributed by atoms with E-state index in [4.69, 9.17) is 0 Å². The molecule has 0 amide bonds. The first kappa shape index (κ1) is 22.8. The van der Waals surface area contributed by atoms with Crippen molar-refractivity contribution in [3.05, 3.63) is 0 Å². The largest absolute Gasteiger partial charge is 1.00 e. The van der Waals surface area contributed by atoms with E-state index in [1.165, 1.54) is 0 Å². The summed E-state index contributed by atoms with van der Waals surface area (Å²) in [4.78, 5) is 9.66. The second kappa shape index (κ2) is 11.3. The minimum Gasteiger partial charge on any atom is -0.856 e. The Hall–Kier alpha value is 4.31. The van der Waals surface area contributed by atoms with Crippen molar-refractivity contribution in [2.75, 3.05) is 0 Å². The van der Waals surface area contributed by atoms with Gasteiger partial charge in [-0.3, -0.25) is 0 Å². The predicted molar refractivity (Wildman–Crippen MR) is 29.0 cm³/mol. The molecule has 0 aliphatic carbocycles. The molecule has 0 unspecified atom stereocenters. The van der Waals surface area contributed by atoms with Crippen LogP contribution >= 0.6 is 4.67 Å². The minimum absolute atomic E-state index is 0. The first-order valence-corrected chi connectivity index (χ1v) is 5.48.